The summed E-state index contributed by atoms with van der Waals surface area (Å²) in [6.07, 6.45) is 0.815. The van der Waals surface area contributed by atoms with Gasteiger partial charge in [0.25, 0.3) is 0 Å². The lowest BCUT2D eigenvalue weighted by Gasteiger charge is -2.35. The van der Waals surface area contributed by atoms with Crippen LogP contribution in [0.5, 0.6) is 0 Å². The van der Waals surface area contributed by atoms with Crippen LogP contribution in [0.2, 0.25) is 0 Å². The molecule has 6 heteroatoms. The molecule has 6 nitrogen and oxygen atoms in total. The molecule has 1 aromatic carbocycles. The number of hydrogen-bond donors (Lipinski definition) is 3. The second-order valence-electron chi connectivity index (χ2n) is 6.61. The lowest BCUT2D eigenvalue weighted by Crippen LogP contribution is -3.13. The van der Waals surface area contributed by atoms with Crippen molar-refractivity contribution in [2.75, 3.05) is 26.2 Å². The summed E-state index contributed by atoms with van der Waals surface area (Å²) in [7, 11) is 0. The summed E-state index contributed by atoms with van der Waals surface area (Å²) in [5.41, 5.74) is 6.56. The third-order valence-corrected chi connectivity index (χ3v) is 4.86. The van der Waals surface area contributed by atoms with Crippen molar-refractivity contribution >= 4 is 11.9 Å². The molecule has 0 aromatic heterocycles. The van der Waals surface area contributed by atoms with E-state index in [-0.39, 0.29) is 11.8 Å². The Kier molecular flexibility index (Phi) is 6.61. The van der Waals surface area contributed by atoms with Gasteiger partial charge in [-0.1, -0.05) is 50.6 Å². The van der Waals surface area contributed by atoms with E-state index in [1.54, 1.807) is 0 Å². The highest BCUT2D eigenvalue weighted by atomic mass is 16.2. The Hall–Kier alpha value is -2.08. The predicted octanol–water partition coefficient (Wildman–Crippen LogP) is -0.00330. The number of amides is 3. The van der Waals surface area contributed by atoms with Gasteiger partial charge in [-0.25, -0.2) is 4.79 Å². The molecule has 24 heavy (non-hydrogen) atoms. The van der Waals surface area contributed by atoms with Crippen LogP contribution in [0, 0.1) is 5.92 Å². The summed E-state index contributed by atoms with van der Waals surface area (Å²) >= 11 is 0. The minimum Gasteiger partial charge on any atom is -0.352 e. The highest BCUT2D eigenvalue weighted by Crippen LogP contribution is 2.11. The average molecular weight is 333 g/mol. The van der Waals surface area contributed by atoms with Crippen molar-refractivity contribution in [3.63, 3.8) is 0 Å². The summed E-state index contributed by atoms with van der Waals surface area (Å²) in [6.45, 7) is 8.24. The van der Waals surface area contributed by atoms with E-state index in [0.717, 1.165) is 26.1 Å². The number of quaternary nitrogens is 1. The van der Waals surface area contributed by atoms with Gasteiger partial charge in [-0.05, 0) is 5.92 Å². The first-order chi connectivity index (χ1) is 11.5. The van der Waals surface area contributed by atoms with Gasteiger partial charge in [-0.3, -0.25) is 4.79 Å². The van der Waals surface area contributed by atoms with E-state index in [0.29, 0.717) is 13.1 Å². The van der Waals surface area contributed by atoms with E-state index in [2.05, 4.69) is 29.6 Å². The maximum atomic E-state index is 12.7. The number of urea groups is 1. The first-order valence-corrected chi connectivity index (χ1v) is 8.73. The summed E-state index contributed by atoms with van der Waals surface area (Å²) in [5.74, 6) is 0.0570. The van der Waals surface area contributed by atoms with E-state index in [1.165, 1.54) is 10.5 Å². The third kappa shape index (κ3) is 4.96. The van der Waals surface area contributed by atoms with Crippen LogP contribution in [0.15, 0.2) is 30.3 Å². The number of carbonyl (C=O) groups excluding carboxylic acids is 2. The quantitative estimate of drug-likeness (QED) is 0.685. The molecule has 2 rings (SSSR count). The lowest BCUT2D eigenvalue weighted by molar-refractivity contribution is -0.917. The fourth-order valence-electron chi connectivity index (χ4n) is 3.14. The van der Waals surface area contributed by atoms with E-state index in [4.69, 9.17) is 5.73 Å². The molecule has 1 aliphatic heterocycles. The first kappa shape index (κ1) is 18.3. The SMILES string of the molecule is CC[C@H](C)[C@H](NC(N)=O)C(=O)N1CC[NH+](Cc2ccccc2)CC1. The van der Waals surface area contributed by atoms with Gasteiger partial charge in [0.15, 0.2) is 0 Å². The Morgan fingerprint density at radius 3 is 2.42 bits per heavy atom. The number of nitrogens with zero attached hydrogens (tertiary/aromatic N) is 1. The zero-order valence-electron chi connectivity index (χ0n) is 14.6. The highest BCUT2D eigenvalue weighted by Gasteiger charge is 2.32. The molecule has 132 valence electrons. The first-order valence-electron chi connectivity index (χ1n) is 8.73. The lowest BCUT2D eigenvalue weighted by atomic mass is 9.97. The average Bonchev–Trinajstić information content (AvgIpc) is 2.60. The van der Waals surface area contributed by atoms with E-state index in [9.17, 15) is 9.59 Å². The molecular weight excluding hydrogens is 304 g/mol. The monoisotopic (exact) mass is 333 g/mol. The molecule has 2 atom stereocenters. The van der Waals surface area contributed by atoms with Gasteiger partial charge in [0.2, 0.25) is 5.91 Å². The summed E-state index contributed by atoms with van der Waals surface area (Å²) < 4.78 is 0. The molecule has 0 unspecified atom stereocenters. The number of nitrogens with two attached hydrogens (primary N) is 1. The minimum atomic E-state index is -0.637. The van der Waals surface area contributed by atoms with Crippen molar-refractivity contribution in [3.8, 4) is 0 Å². The molecule has 1 fully saturated rings. The van der Waals surface area contributed by atoms with Gasteiger partial charge in [-0.2, -0.15) is 0 Å². The van der Waals surface area contributed by atoms with E-state index in [1.807, 2.05) is 24.8 Å². The molecule has 4 N–H and O–H groups in total. The van der Waals surface area contributed by atoms with Gasteiger partial charge >= 0.3 is 6.03 Å². The maximum Gasteiger partial charge on any atom is 0.312 e. The molecule has 0 bridgehead atoms. The van der Waals surface area contributed by atoms with Crippen molar-refractivity contribution in [2.45, 2.75) is 32.9 Å². The molecule has 1 heterocycles. The normalized spacial score (nSPS) is 18.0. The van der Waals surface area contributed by atoms with Crippen molar-refractivity contribution in [3.05, 3.63) is 35.9 Å². The third-order valence-electron chi connectivity index (χ3n) is 4.86. The number of benzene rings is 1. The molecule has 0 spiro atoms. The van der Waals surface area contributed by atoms with Gasteiger partial charge in [0.1, 0.15) is 12.6 Å². The fraction of sp³-hybridized carbons (Fsp3) is 0.556. The molecule has 0 radical (unpaired) electrons. The summed E-state index contributed by atoms with van der Waals surface area (Å²) in [4.78, 5) is 27.3. The number of hydrogen-bond acceptors (Lipinski definition) is 2. The Bertz CT molecular complexity index is 541. The predicted molar refractivity (Wildman–Crippen MR) is 93.4 cm³/mol. The summed E-state index contributed by atoms with van der Waals surface area (Å²) in [5, 5.41) is 2.62. The van der Waals surface area contributed by atoms with Crippen LogP contribution < -0.4 is 16.0 Å². The number of rotatable bonds is 6. The highest BCUT2D eigenvalue weighted by molar-refractivity contribution is 5.86. The van der Waals surface area contributed by atoms with E-state index >= 15 is 0 Å². The molecule has 1 aromatic rings. The number of carbonyl (C=O) groups is 2. The molecule has 1 saturated heterocycles. The molecule has 1 aliphatic rings. The minimum absolute atomic E-state index is 0.0121. The fourth-order valence-corrected chi connectivity index (χ4v) is 3.14. The van der Waals surface area contributed by atoms with E-state index < -0.39 is 12.1 Å². The molecule has 3 amide bonds. The largest absolute Gasteiger partial charge is 0.352 e. The van der Waals surface area contributed by atoms with Crippen LogP contribution in [0.3, 0.4) is 0 Å². The number of nitrogens with one attached hydrogen (secondary N) is 2. The van der Waals surface area contributed by atoms with Crippen LogP contribution in [0.25, 0.3) is 0 Å². The van der Waals surface area contributed by atoms with Crippen molar-refractivity contribution < 1.29 is 14.5 Å². The van der Waals surface area contributed by atoms with Crippen molar-refractivity contribution in [1.29, 1.82) is 0 Å². The molecular formula is C18H29N4O2+. The smallest absolute Gasteiger partial charge is 0.312 e. The van der Waals surface area contributed by atoms with Crippen molar-refractivity contribution in [2.24, 2.45) is 11.7 Å². The zero-order chi connectivity index (χ0) is 17.5. The van der Waals surface area contributed by atoms with Crippen LogP contribution in [-0.4, -0.2) is 49.1 Å². The van der Waals surface area contributed by atoms with Crippen LogP contribution in [-0.2, 0) is 11.3 Å². The van der Waals surface area contributed by atoms with Crippen LogP contribution >= 0.6 is 0 Å². The van der Waals surface area contributed by atoms with Gasteiger partial charge < -0.3 is 20.9 Å². The van der Waals surface area contributed by atoms with Gasteiger partial charge in [-0.15, -0.1) is 0 Å². The molecule has 0 saturated carbocycles. The topological polar surface area (TPSA) is 79.9 Å². The Balaban J connectivity index is 1.89. The van der Waals surface area contributed by atoms with Crippen LogP contribution in [0.1, 0.15) is 25.8 Å². The van der Waals surface area contributed by atoms with Gasteiger partial charge in [0, 0.05) is 5.56 Å². The Labute approximate surface area is 144 Å². The second-order valence-corrected chi connectivity index (χ2v) is 6.61. The Morgan fingerprint density at radius 2 is 1.88 bits per heavy atom. The number of piperazine rings is 1. The number of primary amides is 1. The van der Waals surface area contributed by atoms with Gasteiger partial charge in [0.05, 0.1) is 26.2 Å². The molecule has 0 aliphatic carbocycles. The maximum absolute atomic E-state index is 12.7. The van der Waals surface area contributed by atoms with Crippen molar-refractivity contribution in [1.82, 2.24) is 10.2 Å². The van der Waals surface area contributed by atoms with Crippen LogP contribution in [0.4, 0.5) is 4.79 Å². The standard InChI is InChI=1S/C18H28N4O2/c1-3-14(2)16(20-18(19)24)17(23)22-11-9-21(10-12-22)13-15-7-5-4-6-8-15/h4-8,14,16H,3,9-13H2,1-2H3,(H3,19,20,24)/p+1/t14-,16-/m0/s1. The Morgan fingerprint density at radius 1 is 1.25 bits per heavy atom. The summed E-state index contributed by atoms with van der Waals surface area (Å²) in [6, 6.07) is 9.25. The second kappa shape index (κ2) is 8.68. The zero-order valence-corrected chi connectivity index (χ0v) is 14.6.